The molecule has 1 heterocycles. The highest BCUT2D eigenvalue weighted by Crippen LogP contribution is 2.09. The summed E-state index contributed by atoms with van der Waals surface area (Å²) in [5, 5.41) is 19.4. The molecule has 0 aliphatic heterocycles. The highest BCUT2D eigenvalue weighted by molar-refractivity contribution is 7.91. The van der Waals surface area contributed by atoms with Gasteiger partial charge in [-0.2, -0.15) is 10.1 Å². The van der Waals surface area contributed by atoms with Crippen molar-refractivity contribution in [2.24, 2.45) is 7.05 Å². The number of nitrogens with zero attached hydrogens (tertiary/aromatic N) is 5. The summed E-state index contributed by atoms with van der Waals surface area (Å²) < 4.78 is 25.9. The van der Waals surface area contributed by atoms with Crippen LogP contribution in [0, 0.1) is 11.3 Å². The Kier molecular flexibility index (Phi) is 3.43. The molecule has 0 atom stereocenters. The zero-order chi connectivity index (χ0) is 13.9. The summed E-state index contributed by atoms with van der Waals surface area (Å²) in [4.78, 5) is 1.15. The second kappa shape index (κ2) is 5.03. The summed E-state index contributed by atoms with van der Waals surface area (Å²) in [7, 11) is -2.07. The smallest absolute Gasteiger partial charge is 0.248 e. The molecule has 1 aromatic heterocycles. The molecule has 98 valence electrons. The van der Waals surface area contributed by atoms with Crippen molar-refractivity contribution in [2.45, 2.75) is 5.75 Å². The number of hydrogen-bond donors (Lipinski definition) is 1. The molecule has 0 saturated heterocycles. The highest BCUT2D eigenvalue weighted by Gasteiger charge is 2.14. The van der Waals surface area contributed by atoms with Gasteiger partial charge in [0.2, 0.25) is 10.0 Å². The fourth-order valence-corrected chi connectivity index (χ4v) is 2.46. The molecule has 0 spiro atoms. The number of aryl methyl sites for hydroxylation is 1. The summed E-state index contributed by atoms with van der Waals surface area (Å²) in [6, 6.07) is 8.26. The number of anilines is 1. The maximum absolute atomic E-state index is 11.8. The van der Waals surface area contributed by atoms with E-state index in [1.165, 1.54) is 7.05 Å². The van der Waals surface area contributed by atoms with Crippen molar-refractivity contribution < 1.29 is 8.42 Å². The fourth-order valence-electron chi connectivity index (χ4n) is 1.40. The van der Waals surface area contributed by atoms with E-state index < -0.39 is 10.0 Å². The minimum Gasteiger partial charge on any atom is -0.248 e. The lowest BCUT2D eigenvalue weighted by Crippen LogP contribution is -2.16. The molecule has 1 N–H and O–H groups in total. The maximum Gasteiger partial charge on any atom is 0.276 e. The predicted octanol–water partition coefficient (Wildman–Crippen LogP) is 0.0237. The van der Waals surface area contributed by atoms with Gasteiger partial charge in [-0.25, -0.2) is 13.1 Å². The van der Waals surface area contributed by atoms with Gasteiger partial charge in [0, 0.05) is 0 Å². The number of aromatic nitrogens is 4. The van der Waals surface area contributed by atoms with Gasteiger partial charge in [0.1, 0.15) is 0 Å². The third kappa shape index (κ3) is 3.49. The molecule has 2 aromatic rings. The van der Waals surface area contributed by atoms with Crippen LogP contribution in [0.2, 0.25) is 0 Å². The lowest BCUT2D eigenvalue weighted by Gasteiger charge is -2.04. The molecule has 0 radical (unpaired) electrons. The minimum atomic E-state index is -3.61. The van der Waals surface area contributed by atoms with Gasteiger partial charge in [0.15, 0.2) is 0 Å². The first kappa shape index (κ1) is 13.0. The van der Waals surface area contributed by atoms with Gasteiger partial charge < -0.3 is 0 Å². The molecule has 0 aliphatic rings. The van der Waals surface area contributed by atoms with E-state index in [0.717, 1.165) is 4.80 Å². The van der Waals surface area contributed by atoms with Crippen LogP contribution in [-0.4, -0.2) is 28.6 Å². The van der Waals surface area contributed by atoms with Crippen molar-refractivity contribution >= 4 is 16.0 Å². The number of tetrazole rings is 1. The van der Waals surface area contributed by atoms with Crippen molar-refractivity contribution in [3.05, 3.63) is 35.4 Å². The molecule has 0 saturated carbocycles. The van der Waals surface area contributed by atoms with Gasteiger partial charge in [-0.05, 0) is 22.9 Å². The van der Waals surface area contributed by atoms with E-state index in [-0.39, 0.29) is 11.7 Å². The lowest BCUT2D eigenvalue weighted by molar-refractivity contribution is 0.600. The lowest BCUT2D eigenvalue weighted by atomic mass is 10.2. The monoisotopic (exact) mass is 278 g/mol. The van der Waals surface area contributed by atoms with Crippen LogP contribution < -0.4 is 4.72 Å². The molecule has 2 rings (SSSR count). The summed E-state index contributed by atoms with van der Waals surface area (Å²) in [5.41, 5.74) is 1.04. The molecular weight excluding hydrogens is 268 g/mol. The fraction of sp³-hybridized carbons (Fsp3) is 0.200. The van der Waals surface area contributed by atoms with Crippen LogP contribution in [0.5, 0.6) is 0 Å². The van der Waals surface area contributed by atoms with Gasteiger partial charge in [-0.15, -0.1) is 5.10 Å². The first-order chi connectivity index (χ1) is 8.98. The van der Waals surface area contributed by atoms with Gasteiger partial charge in [0.25, 0.3) is 5.95 Å². The van der Waals surface area contributed by atoms with Crippen LogP contribution in [-0.2, 0) is 22.8 Å². The van der Waals surface area contributed by atoms with Gasteiger partial charge >= 0.3 is 0 Å². The summed E-state index contributed by atoms with van der Waals surface area (Å²) in [6.45, 7) is 0. The summed E-state index contributed by atoms with van der Waals surface area (Å²) in [5.74, 6) is -0.298. The predicted molar refractivity (Wildman–Crippen MR) is 66.2 cm³/mol. The highest BCUT2D eigenvalue weighted by atomic mass is 32.2. The molecule has 0 aliphatic carbocycles. The second-order valence-corrected chi connectivity index (χ2v) is 5.49. The van der Waals surface area contributed by atoms with E-state index in [4.69, 9.17) is 5.26 Å². The van der Waals surface area contributed by atoms with E-state index in [1.54, 1.807) is 24.3 Å². The second-order valence-electron chi connectivity index (χ2n) is 3.77. The normalized spacial score (nSPS) is 10.9. The van der Waals surface area contributed by atoms with Crippen LogP contribution in [0.1, 0.15) is 11.1 Å². The SMILES string of the molecule is Cn1nnc(NS(=O)(=O)Cc2ccc(C#N)cc2)n1. The molecule has 9 heteroatoms. The Morgan fingerprint density at radius 3 is 2.58 bits per heavy atom. The van der Waals surface area contributed by atoms with E-state index in [2.05, 4.69) is 20.1 Å². The quantitative estimate of drug-likeness (QED) is 0.843. The number of sulfonamides is 1. The van der Waals surface area contributed by atoms with Gasteiger partial charge in [-0.1, -0.05) is 17.2 Å². The number of nitriles is 1. The number of nitrogens with one attached hydrogen (secondary N) is 1. The zero-order valence-corrected chi connectivity index (χ0v) is 10.8. The van der Waals surface area contributed by atoms with E-state index in [0.29, 0.717) is 11.1 Å². The van der Waals surface area contributed by atoms with E-state index in [9.17, 15) is 8.42 Å². The van der Waals surface area contributed by atoms with Gasteiger partial charge in [-0.3, -0.25) is 0 Å². The first-order valence-corrected chi connectivity index (χ1v) is 6.87. The molecule has 0 fully saturated rings. The van der Waals surface area contributed by atoms with E-state index in [1.807, 2.05) is 6.07 Å². The maximum atomic E-state index is 11.8. The average molecular weight is 278 g/mol. The Morgan fingerprint density at radius 1 is 1.37 bits per heavy atom. The van der Waals surface area contributed by atoms with Crippen LogP contribution in [0.3, 0.4) is 0 Å². The third-order valence-electron chi connectivity index (χ3n) is 2.19. The molecule has 1 aromatic carbocycles. The summed E-state index contributed by atoms with van der Waals surface area (Å²) >= 11 is 0. The largest absolute Gasteiger partial charge is 0.276 e. The molecule has 0 unspecified atom stereocenters. The Morgan fingerprint density at radius 2 is 2.05 bits per heavy atom. The Bertz CT molecular complexity index is 713. The van der Waals surface area contributed by atoms with Gasteiger partial charge in [0.05, 0.1) is 24.4 Å². The summed E-state index contributed by atoms with van der Waals surface area (Å²) in [6.07, 6.45) is 0. The third-order valence-corrected chi connectivity index (χ3v) is 3.40. The zero-order valence-electron chi connectivity index (χ0n) is 9.98. The number of hydrogen-bond acceptors (Lipinski definition) is 6. The number of rotatable bonds is 4. The average Bonchev–Trinajstić information content (AvgIpc) is 2.74. The molecule has 19 heavy (non-hydrogen) atoms. The Labute approximate surface area is 109 Å². The topological polar surface area (TPSA) is 114 Å². The van der Waals surface area contributed by atoms with Crippen LogP contribution in [0.4, 0.5) is 5.95 Å². The van der Waals surface area contributed by atoms with Crippen LogP contribution >= 0.6 is 0 Å². The number of benzene rings is 1. The van der Waals surface area contributed by atoms with E-state index >= 15 is 0 Å². The van der Waals surface area contributed by atoms with Crippen molar-refractivity contribution in [3.63, 3.8) is 0 Å². The van der Waals surface area contributed by atoms with Crippen LogP contribution in [0.15, 0.2) is 24.3 Å². The molecular formula is C10H10N6O2S. The Hall–Kier alpha value is -2.47. The molecule has 0 amide bonds. The van der Waals surface area contributed by atoms with Crippen molar-refractivity contribution in [3.8, 4) is 6.07 Å². The Balaban J connectivity index is 2.10. The standard InChI is InChI=1S/C10H10N6O2S/c1-16-13-10(12-15-16)14-19(17,18)7-9-4-2-8(6-11)3-5-9/h2-5H,7H2,1H3,(H,13,14). The first-order valence-electron chi connectivity index (χ1n) is 5.22. The van der Waals surface area contributed by atoms with Crippen molar-refractivity contribution in [1.29, 1.82) is 5.26 Å². The van der Waals surface area contributed by atoms with Crippen molar-refractivity contribution in [1.82, 2.24) is 20.2 Å². The minimum absolute atomic E-state index is 0.0730. The molecule has 0 bridgehead atoms. The van der Waals surface area contributed by atoms with Crippen molar-refractivity contribution in [2.75, 3.05) is 4.72 Å². The molecule has 8 nitrogen and oxygen atoms in total. The van der Waals surface area contributed by atoms with Crippen LogP contribution in [0.25, 0.3) is 0 Å².